The molecule has 1 unspecified atom stereocenters. The van der Waals surface area contributed by atoms with Crippen LogP contribution in [-0.4, -0.2) is 75.6 Å². The molecule has 0 fully saturated rings. The number of esters is 1. The van der Waals surface area contributed by atoms with E-state index in [0.717, 1.165) is 13.1 Å². The number of nitrogens with zero attached hydrogens (tertiary/aromatic N) is 1. The first-order valence-corrected chi connectivity index (χ1v) is 5.63. The third-order valence-corrected chi connectivity index (χ3v) is 2.44. The normalized spacial score (nSPS) is 14.7. The van der Waals surface area contributed by atoms with Gasteiger partial charge in [0.25, 0.3) is 0 Å². The highest BCUT2D eigenvalue weighted by atomic mass is 16.5. The summed E-state index contributed by atoms with van der Waals surface area (Å²) < 4.78 is 9.45. The van der Waals surface area contributed by atoms with Crippen molar-refractivity contribution >= 4 is 5.97 Å². The monoisotopic (exact) mass is 248 g/mol. The Morgan fingerprint density at radius 3 is 2.59 bits per heavy atom. The van der Waals surface area contributed by atoms with E-state index in [9.17, 15) is 9.90 Å². The van der Waals surface area contributed by atoms with Crippen LogP contribution in [0.5, 0.6) is 0 Å². The lowest BCUT2D eigenvalue weighted by Crippen LogP contribution is -2.47. The Hall–Kier alpha value is -0.690. The van der Waals surface area contributed by atoms with Crippen molar-refractivity contribution in [3.05, 3.63) is 0 Å². The molecule has 0 aromatic rings. The molecule has 0 heterocycles. The van der Waals surface area contributed by atoms with Gasteiger partial charge in [-0.3, -0.25) is 0 Å². The zero-order chi connectivity index (χ0) is 13.3. The van der Waals surface area contributed by atoms with Crippen LogP contribution in [0.1, 0.15) is 6.92 Å². The second-order valence-corrected chi connectivity index (χ2v) is 4.24. The first kappa shape index (κ1) is 16.3. The Kier molecular flexibility index (Phi) is 8.07. The van der Waals surface area contributed by atoms with E-state index in [1.54, 1.807) is 7.11 Å². The van der Waals surface area contributed by atoms with Gasteiger partial charge in [0.05, 0.1) is 13.7 Å². The highest BCUT2D eigenvalue weighted by Gasteiger charge is 2.30. The molecule has 102 valence electrons. The number of aliphatic hydroxyl groups is 1. The van der Waals surface area contributed by atoms with Gasteiger partial charge in [-0.25, -0.2) is 4.79 Å². The van der Waals surface area contributed by atoms with Crippen LogP contribution in [0.15, 0.2) is 0 Å². The summed E-state index contributed by atoms with van der Waals surface area (Å²) in [4.78, 5) is 13.3. The van der Waals surface area contributed by atoms with E-state index < -0.39 is 11.6 Å². The largest absolute Gasteiger partial charge is 0.467 e. The van der Waals surface area contributed by atoms with Crippen molar-refractivity contribution in [3.8, 4) is 0 Å². The highest BCUT2D eigenvalue weighted by molar-refractivity contribution is 5.78. The number of nitrogens with one attached hydrogen (secondary N) is 1. The number of rotatable bonds is 9. The predicted molar refractivity (Wildman–Crippen MR) is 64.9 cm³/mol. The SMILES string of the molecule is COCCN(C)CCNCC(C)(O)C(=O)OC. The molecule has 0 aliphatic heterocycles. The molecule has 0 saturated carbocycles. The van der Waals surface area contributed by atoms with Crippen LogP contribution < -0.4 is 5.32 Å². The van der Waals surface area contributed by atoms with Crippen LogP contribution in [0, 0.1) is 0 Å². The molecule has 0 aliphatic carbocycles. The van der Waals surface area contributed by atoms with Crippen LogP contribution in [0.4, 0.5) is 0 Å². The fourth-order valence-corrected chi connectivity index (χ4v) is 1.25. The smallest absolute Gasteiger partial charge is 0.338 e. The Bertz CT molecular complexity index is 222. The van der Waals surface area contributed by atoms with Gasteiger partial charge in [-0.05, 0) is 14.0 Å². The Balaban J connectivity index is 3.66. The summed E-state index contributed by atoms with van der Waals surface area (Å²) in [5, 5.41) is 12.7. The van der Waals surface area contributed by atoms with Crippen molar-refractivity contribution in [3.63, 3.8) is 0 Å². The quantitative estimate of drug-likeness (QED) is 0.406. The first-order valence-electron chi connectivity index (χ1n) is 5.63. The van der Waals surface area contributed by atoms with Crippen molar-refractivity contribution in [2.75, 3.05) is 54.1 Å². The Morgan fingerprint density at radius 2 is 2.06 bits per heavy atom. The van der Waals surface area contributed by atoms with E-state index >= 15 is 0 Å². The third kappa shape index (κ3) is 7.27. The molecule has 6 heteroatoms. The number of ether oxygens (including phenoxy) is 2. The number of likely N-dealkylation sites (N-methyl/N-ethyl adjacent to an activating group) is 1. The minimum atomic E-state index is -1.47. The van der Waals surface area contributed by atoms with E-state index in [2.05, 4.69) is 15.0 Å². The van der Waals surface area contributed by atoms with Gasteiger partial charge in [-0.1, -0.05) is 0 Å². The molecule has 1 atom stereocenters. The molecule has 0 aliphatic rings. The topological polar surface area (TPSA) is 71.0 Å². The van der Waals surface area contributed by atoms with Crippen LogP contribution in [-0.2, 0) is 14.3 Å². The van der Waals surface area contributed by atoms with E-state index in [1.165, 1.54) is 14.0 Å². The van der Waals surface area contributed by atoms with Crippen molar-refractivity contribution in [1.82, 2.24) is 10.2 Å². The minimum absolute atomic E-state index is 0.178. The predicted octanol–water partition coefficient (Wildman–Crippen LogP) is -0.922. The molecular weight excluding hydrogens is 224 g/mol. The van der Waals surface area contributed by atoms with Crippen LogP contribution in [0.2, 0.25) is 0 Å². The molecular formula is C11H24N2O4. The van der Waals surface area contributed by atoms with Gasteiger partial charge >= 0.3 is 5.97 Å². The van der Waals surface area contributed by atoms with Gasteiger partial charge < -0.3 is 24.8 Å². The number of carbonyl (C=O) groups is 1. The van der Waals surface area contributed by atoms with Crippen molar-refractivity contribution < 1.29 is 19.4 Å². The lowest BCUT2D eigenvalue weighted by atomic mass is 10.1. The van der Waals surface area contributed by atoms with E-state index in [1.807, 2.05) is 7.05 Å². The molecule has 0 aromatic carbocycles. The molecule has 0 amide bonds. The maximum atomic E-state index is 11.2. The molecule has 0 rings (SSSR count). The van der Waals surface area contributed by atoms with Crippen molar-refractivity contribution in [2.24, 2.45) is 0 Å². The van der Waals surface area contributed by atoms with Gasteiger partial charge in [0.15, 0.2) is 5.60 Å². The maximum absolute atomic E-state index is 11.2. The van der Waals surface area contributed by atoms with Gasteiger partial charge in [0, 0.05) is 33.3 Å². The first-order chi connectivity index (χ1) is 7.94. The molecule has 0 spiro atoms. The Morgan fingerprint density at radius 1 is 1.41 bits per heavy atom. The van der Waals surface area contributed by atoms with Crippen LogP contribution >= 0.6 is 0 Å². The zero-order valence-corrected chi connectivity index (χ0v) is 11.2. The molecule has 6 nitrogen and oxygen atoms in total. The second kappa shape index (κ2) is 8.41. The lowest BCUT2D eigenvalue weighted by molar-refractivity contribution is -0.159. The lowest BCUT2D eigenvalue weighted by Gasteiger charge is -2.22. The average Bonchev–Trinajstić information content (AvgIpc) is 2.30. The average molecular weight is 248 g/mol. The fraction of sp³-hybridized carbons (Fsp3) is 0.909. The molecule has 0 radical (unpaired) electrons. The van der Waals surface area contributed by atoms with Gasteiger partial charge in [-0.2, -0.15) is 0 Å². The summed E-state index contributed by atoms with van der Waals surface area (Å²) in [5.74, 6) is -0.627. The summed E-state index contributed by atoms with van der Waals surface area (Å²) >= 11 is 0. The summed E-state index contributed by atoms with van der Waals surface area (Å²) in [6.45, 7) is 4.66. The summed E-state index contributed by atoms with van der Waals surface area (Å²) in [5.41, 5.74) is -1.47. The summed E-state index contributed by atoms with van der Waals surface area (Å²) in [6, 6.07) is 0. The number of hydrogen-bond donors (Lipinski definition) is 2. The number of carbonyl (C=O) groups excluding carboxylic acids is 1. The standard InChI is InChI=1S/C11H24N2O4/c1-11(15,10(14)17-4)9-12-5-6-13(2)7-8-16-3/h12,15H,5-9H2,1-4H3. The van der Waals surface area contributed by atoms with Gasteiger partial charge in [0.2, 0.25) is 0 Å². The fourth-order valence-electron chi connectivity index (χ4n) is 1.25. The molecule has 0 saturated heterocycles. The number of hydrogen-bond acceptors (Lipinski definition) is 6. The van der Waals surface area contributed by atoms with Crippen LogP contribution in [0.3, 0.4) is 0 Å². The Labute approximate surface area is 103 Å². The van der Waals surface area contributed by atoms with Crippen molar-refractivity contribution in [2.45, 2.75) is 12.5 Å². The maximum Gasteiger partial charge on any atom is 0.338 e. The second-order valence-electron chi connectivity index (χ2n) is 4.24. The molecule has 0 bridgehead atoms. The van der Waals surface area contributed by atoms with E-state index in [4.69, 9.17) is 4.74 Å². The summed E-state index contributed by atoms with van der Waals surface area (Å²) in [6.07, 6.45) is 0. The molecule has 0 aromatic heterocycles. The van der Waals surface area contributed by atoms with Gasteiger partial charge in [0.1, 0.15) is 0 Å². The summed E-state index contributed by atoms with van der Waals surface area (Å²) in [7, 11) is 4.91. The van der Waals surface area contributed by atoms with Gasteiger partial charge in [-0.15, -0.1) is 0 Å². The zero-order valence-electron chi connectivity index (χ0n) is 11.2. The third-order valence-electron chi connectivity index (χ3n) is 2.44. The van der Waals surface area contributed by atoms with E-state index in [-0.39, 0.29) is 6.54 Å². The minimum Gasteiger partial charge on any atom is -0.467 e. The number of methoxy groups -OCH3 is 2. The van der Waals surface area contributed by atoms with Crippen LogP contribution in [0.25, 0.3) is 0 Å². The molecule has 2 N–H and O–H groups in total. The van der Waals surface area contributed by atoms with E-state index in [0.29, 0.717) is 13.2 Å². The highest BCUT2D eigenvalue weighted by Crippen LogP contribution is 2.03. The molecule has 17 heavy (non-hydrogen) atoms. The van der Waals surface area contributed by atoms with Crippen molar-refractivity contribution in [1.29, 1.82) is 0 Å².